The summed E-state index contributed by atoms with van der Waals surface area (Å²) in [5.74, 6) is 1.81. The average molecular weight is 381 g/mol. The molecule has 1 aliphatic carbocycles. The second-order valence-corrected chi connectivity index (χ2v) is 9.44. The number of carbonyl (C=O) groups is 1. The van der Waals surface area contributed by atoms with Crippen molar-refractivity contribution in [1.29, 1.82) is 0 Å². The Morgan fingerprint density at radius 3 is 2.58 bits per heavy atom. The summed E-state index contributed by atoms with van der Waals surface area (Å²) >= 11 is 0. The van der Waals surface area contributed by atoms with Crippen LogP contribution in [-0.4, -0.2) is 44.8 Å². The van der Waals surface area contributed by atoms with Gasteiger partial charge in [-0.2, -0.15) is 0 Å². The molecule has 4 rings (SSSR count). The zero-order valence-electron chi connectivity index (χ0n) is 14.5. The van der Waals surface area contributed by atoms with Crippen LogP contribution in [-0.2, 0) is 14.6 Å². The van der Waals surface area contributed by atoms with Crippen LogP contribution >= 0.6 is 0 Å². The minimum absolute atomic E-state index is 0.0125. The molecule has 8 heteroatoms. The number of benzene rings is 1. The smallest absolute Gasteiger partial charge is 0.231 e. The van der Waals surface area contributed by atoms with E-state index in [1.54, 1.807) is 0 Å². The number of nitrogens with one attached hydrogen (secondary N) is 1. The van der Waals surface area contributed by atoms with Gasteiger partial charge in [0.25, 0.3) is 0 Å². The van der Waals surface area contributed by atoms with Gasteiger partial charge in [0.2, 0.25) is 12.7 Å². The van der Waals surface area contributed by atoms with Crippen molar-refractivity contribution in [1.82, 2.24) is 5.32 Å². The molecule has 1 aromatic rings. The third-order valence-electron chi connectivity index (χ3n) is 5.27. The molecule has 1 amide bonds. The van der Waals surface area contributed by atoms with Crippen molar-refractivity contribution in [2.75, 3.05) is 18.3 Å². The van der Waals surface area contributed by atoms with E-state index in [1.165, 1.54) is 0 Å². The van der Waals surface area contributed by atoms with Crippen molar-refractivity contribution in [3.05, 3.63) is 18.2 Å². The summed E-state index contributed by atoms with van der Waals surface area (Å²) in [6.07, 6.45) is 3.91. The molecule has 0 bridgehead atoms. The lowest BCUT2D eigenvalue weighted by Gasteiger charge is -2.30. The maximum atomic E-state index is 12.2. The maximum absolute atomic E-state index is 12.2. The number of fused-ring (bicyclic) bond motifs is 1. The average Bonchev–Trinajstić information content (AvgIpc) is 3.22. The van der Waals surface area contributed by atoms with Gasteiger partial charge >= 0.3 is 0 Å². The highest BCUT2D eigenvalue weighted by atomic mass is 32.2. The van der Waals surface area contributed by atoms with Crippen LogP contribution in [0.4, 0.5) is 0 Å². The lowest BCUT2D eigenvalue weighted by molar-refractivity contribution is -0.125. The first kappa shape index (κ1) is 17.5. The molecule has 1 atom stereocenters. The van der Waals surface area contributed by atoms with Crippen LogP contribution in [0.3, 0.4) is 0 Å². The number of carbonyl (C=O) groups excluding carboxylic acids is 1. The van der Waals surface area contributed by atoms with Crippen molar-refractivity contribution in [3.8, 4) is 17.2 Å². The number of hydrogen-bond acceptors (Lipinski definition) is 6. The van der Waals surface area contributed by atoms with Crippen molar-refractivity contribution in [2.24, 2.45) is 5.92 Å². The minimum Gasteiger partial charge on any atom is -0.490 e. The monoisotopic (exact) mass is 381 g/mol. The van der Waals surface area contributed by atoms with Gasteiger partial charge in [0.05, 0.1) is 23.5 Å². The van der Waals surface area contributed by atoms with Crippen molar-refractivity contribution in [2.45, 2.75) is 44.2 Å². The second kappa shape index (κ2) is 6.98. The van der Waals surface area contributed by atoms with Crippen LogP contribution < -0.4 is 19.5 Å². The predicted molar refractivity (Wildman–Crippen MR) is 94.1 cm³/mol. The highest BCUT2D eigenvalue weighted by Gasteiger charge is 2.34. The third-order valence-corrected chi connectivity index (χ3v) is 7.04. The third kappa shape index (κ3) is 3.90. The molecule has 1 unspecified atom stereocenters. The predicted octanol–water partition coefficient (Wildman–Crippen LogP) is 1.66. The molecule has 0 radical (unpaired) electrons. The van der Waals surface area contributed by atoms with Crippen LogP contribution in [0.15, 0.2) is 18.2 Å². The first-order valence-corrected chi connectivity index (χ1v) is 10.9. The Bertz CT molecular complexity index is 785. The van der Waals surface area contributed by atoms with E-state index in [4.69, 9.17) is 14.2 Å². The van der Waals surface area contributed by atoms with Gasteiger partial charge in [-0.3, -0.25) is 4.79 Å². The topological polar surface area (TPSA) is 90.9 Å². The van der Waals surface area contributed by atoms with Gasteiger partial charge in [-0.25, -0.2) is 8.42 Å². The Morgan fingerprint density at radius 2 is 1.85 bits per heavy atom. The van der Waals surface area contributed by atoms with Gasteiger partial charge in [0.1, 0.15) is 5.75 Å². The fourth-order valence-electron chi connectivity index (χ4n) is 3.79. The first-order chi connectivity index (χ1) is 12.5. The molecule has 1 N–H and O–H groups in total. The number of sulfone groups is 1. The number of ether oxygens (including phenoxy) is 3. The zero-order chi connectivity index (χ0) is 18.1. The van der Waals surface area contributed by atoms with E-state index in [0.717, 1.165) is 37.2 Å². The van der Waals surface area contributed by atoms with E-state index in [2.05, 4.69) is 5.32 Å². The number of hydrogen-bond donors (Lipinski definition) is 1. The largest absolute Gasteiger partial charge is 0.490 e. The summed E-state index contributed by atoms with van der Waals surface area (Å²) in [5.41, 5.74) is 0. The molecule has 1 saturated carbocycles. The van der Waals surface area contributed by atoms with Crippen LogP contribution in [0, 0.1) is 5.92 Å². The molecule has 3 aliphatic rings. The Kier molecular flexibility index (Phi) is 4.69. The van der Waals surface area contributed by atoms with Gasteiger partial charge < -0.3 is 19.5 Å². The summed E-state index contributed by atoms with van der Waals surface area (Å²) in [6, 6.07) is 5.67. The minimum atomic E-state index is -3.03. The van der Waals surface area contributed by atoms with Gasteiger partial charge in [-0.05, 0) is 44.2 Å². The van der Waals surface area contributed by atoms with E-state index in [0.29, 0.717) is 12.2 Å². The lowest BCUT2D eigenvalue weighted by atomic mass is 9.92. The molecule has 7 nitrogen and oxygen atoms in total. The molecule has 1 saturated heterocycles. The van der Waals surface area contributed by atoms with Crippen molar-refractivity contribution < 1.29 is 27.4 Å². The summed E-state index contributed by atoms with van der Waals surface area (Å²) in [5, 5.41) is 3.02. The van der Waals surface area contributed by atoms with E-state index < -0.39 is 9.84 Å². The molecular weight excluding hydrogens is 358 g/mol. The van der Waals surface area contributed by atoms with Gasteiger partial charge in [0, 0.05) is 12.1 Å². The molecule has 2 heterocycles. The van der Waals surface area contributed by atoms with E-state index in [9.17, 15) is 13.2 Å². The van der Waals surface area contributed by atoms with E-state index >= 15 is 0 Å². The van der Waals surface area contributed by atoms with Crippen LogP contribution in [0.1, 0.15) is 32.1 Å². The molecule has 0 aromatic heterocycles. The zero-order valence-corrected chi connectivity index (χ0v) is 15.3. The standard InChI is InChI=1S/C18H23NO6S/c20-18(12-7-8-26(21,22)10-12)19-13-1-3-14(4-2-13)25-15-5-6-16-17(9-15)24-11-23-16/h5-6,9,12-14H,1-4,7-8,10-11H2,(H,19,20). The van der Waals surface area contributed by atoms with E-state index in [1.807, 2.05) is 18.2 Å². The quantitative estimate of drug-likeness (QED) is 0.853. The highest BCUT2D eigenvalue weighted by Crippen LogP contribution is 2.36. The van der Waals surface area contributed by atoms with Crippen molar-refractivity contribution in [3.63, 3.8) is 0 Å². The molecule has 1 aromatic carbocycles. The molecule has 142 valence electrons. The summed E-state index contributed by atoms with van der Waals surface area (Å²) in [7, 11) is -3.03. The molecule has 2 fully saturated rings. The highest BCUT2D eigenvalue weighted by molar-refractivity contribution is 7.91. The Labute approximate surface area is 152 Å². The summed E-state index contributed by atoms with van der Waals surface area (Å²) in [6.45, 7) is 0.242. The fourth-order valence-corrected chi connectivity index (χ4v) is 5.53. The molecular formula is C18H23NO6S. The number of amides is 1. The van der Waals surface area contributed by atoms with Gasteiger partial charge in [-0.15, -0.1) is 0 Å². The van der Waals surface area contributed by atoms with Gasteiger partial charge in [-0.1, -0.05) is 0 Å². The van der Waals surface area contributed by atoms with Gasteiger partial charge in [0.15, 0.2) is 21.3 Å². The van der Waals surface area contributed by atoms with Crippen molar-refractivity contribution >= 4 is 15.7 Å². The molecule has 26 heavy (non-hydrogen) atoms. The first-order valence-electron chi connectivity index (χ1n) is 9.06. The Balaban J connectivity index is 1.25. The molecule has 2 aliphatic heterocycles. The number of rotatable bonds is 4. The van der Waals surface area contributed by atoms with Crippen LogP contribution in [0.5, 0.6) is 17.2 Å². The fraction of sp³-hybridized carbons (Fsp3) is 0.611. The normalized spacial score (nSPS) is 29.3. The Hall–Kier alpha value is -1.96. The second-order valence-electron chi connectivity index (χ2n) is 7.22. The lowest BCUT2D eigenvalue weighted by Crippen LogP contribution is -2.42. The SMILES string of the molecule is O=C(NC1CCC(Oc2ccc3c(c2)OCO3)CC1)C1CCS(=O)(=O)C1. The molecule has 0 spiro atoms. The summed E-state index contributed by atoms with van der Waals surface area (Å²) < 4.78 is 39.7. The maximum Gasteiger partial charge on any atom is 0.231 e. The van der Waals surface area contributed by atoms with Crippen LogP contribution in [0.2, 0.25) is 0 Å². The summed E-state index contributed by atoms with van der Waals surface area (Å²) in [4.78, 5) is 12.2. The van der Waals surface area contributed by atoms with E-state index in [-0.39, 0.29) is 42.3 Å². The Morgan fingerprint density at radius 1 is 1.08 bits per heavy atom. The van der Waals surface area contributed by atoms with Crippen LogP contribution in [0.25, 0.3) is 0 Å².